The van der Waals surface area contributed by atoms with E-state index < -0.39 is 6.83 Å². The average molecular weight is 449 g/mol. The van der Waals surface area contributed by atoms with Gasteiger partial charge in [0.25, 0.3) is 0 Å². The number of carbonyl (C=O) groups is 1. The molecule has 0 fully saturated rings. The third kappa shape index (κ3) is 5.30. The fourth-order valence-corrected chi connectivity index (χ4v) is 8.97. The van der Waals surface area contributed by atoms with Crippen LogP contribution in [0.15, 0.2) is 91.0 Å². The summed E-state index contributed by atoms with van der Waals surface area (Å²) in [4.78, 5) is 13.3. The van der Waals surface area contributed by atoms with Gasteiger partial charge in [-0.3, -0.25) is 0 Å². The van der Waals surface area contributed by atoms with Crippen molar-refractivity contribution in [2.24, 2.45) is 0 Å². The molecule has 0 aliphatic carbocycles. The standard InChI is InChI=1S/C29H37O2P/c1-3-4-5-6-7-8-18-25-29(30)31-32(2,26-19-12-9-13-20-26,27-21-14-10-15-22-27)28-23-16-11-17-24-28/h9-17,19-24H,3-8,18,25H2,1-2H3. The molecule has 0 amide bonds. The first-order valence-corrected chi connectivity index (χ1v) is 14.6. The van der Waals surface area contributed by atoms with Gasteiger partial charge in [0.15, 0.2) is 0 Å². The van der Waals surface area contributed by atoms with Gasteiger partial charge in [-0.15, -0.1) is 0 Å². The molecule has 0 unspecified atom stereocenters. The van der Waals surface area contributed by atoms with Crippen LogP contribution < -0.4 is 15.9 Å². The summed E-state index contributed by atoms with van der Waals surface area (Å²) in [6.07, 6.45) is 8.74. The summed E-state index contributed by atoms with van der Waals surface area (Å²) in [5, 5.41) is 3.22. The molecule has 0 bridgehead atoms. The summed E-state index contributed by atoms with van der Waals surface area (Å²) in [6, 6.07) is 30.9. The van der Waals surface area contributed by atoms with Gasteiger partial charge in [-0.25, -0.2) is 0 Å². The van der Waals surface area contributed by atoms with Gasteiger partial charge in [-0.2, -0.15) is 0 Å². The zero-order valence-corrected chi connectivity index (χ0v) is 20.5. The van der Waals surface area contributed by atoms with Crippen LogP contribution in [0.3, 0.4) is 0 Å². The Bertz CT molecular complexity index is 855. The molecule has 3 aromatic carbocycles. The molecule has 0 saturated carbocycles. The Morgan fingerprint density at radius 2 is 1.00 bits per heavy atom. The Labute approximate surface area is 194 Å². The third-order valence-corrected chi connectivity index (χ3v) is 11.7. The molecular weight excluding hydrogens is 411 g/mol. The second kappa shape index (κ2) is 11.4. The molecule has 0 radical (unpaired) electrons. The molecule has 2 nitrogen and oxygen atoms in total. The third-order valence-electron chi connectivity index (χ3n) is 6.45. The minimum atomic E-state index is -3.44. The zero-order chi connectivity index (χ0) is 22.7. The Balaban J connectivity index is 1.92. The summed E-state index contributed by atoms with van der Waals surface area (Å²) in [6.45, 7) is 0.971. The number of carbonyl (C=O) groups excluding carboxylic acids is 1. The van der Waals surface area contributed by atoms with Crippen LogP contribution in [0.1, 0.15) is 58.3 Å². The quantitative estimate of drug-likeness (QED) is 0.226. The first kappa shape index (κ1) is 24.2. The van der Waals surface area contributed by atoms with Crippen LogP contribution in [0.2, 0.25) is 0 Å². The Morgan fingerprint density at radius 3 is 1.41 bits per heavy atom. The molecule has 0 spiro atoms. The van der Waals surface area contributed by atoms with E-state index >= 15 is 0 Å². The van der Waals surface area contributed by atoms with Crippen molar-refractivity contribution >= 4 is 28.7 Å². The molecule has 0 aliphatic rings. The SMILES string of the molecule is CCCCCCCCCC(=O)OP(C)(c1ccccc1)(c1ccccc1)c1ccccc1. The number of benzene rings is 3. The molecule has 3 heteroatoms. The maximum absolute atomic E-state index is 13.3. The van der Waals surface area contributed by atoms with Gasteiger partial charge in [0.2, 0.25) is 0 Å². The molecule has 0 atom stereocenters. The molecular formula is C29H37O2P. The van der Waals surface area contributed by atoms with Crippen LogP contribution in [0, 0.1) is 0 Å². The summed E-state index contributed by atoms with van der Waals surface area (Å²) in [7, 11) is 0. The summed E-state index contributed by atoms with van der Waals surface area (Å²) in [5.41, 5.74) is 0. The van der Waals surface area contributed by atoms with Crippen molar-refractivity contribution in [1.29, 1.82) is 0 Å². The molecule has 0 aliphatic heterocycles. The number of rotatable bonds is 12. The van der Waals surface area contributed by atoms with Crippen molar-refractivity contribution in [2.75, 3.05) is 6.66 Å². The monoisotopic (exact) mass is 448 g/mol. The van der Waals surface area contributed by atoms with Crippen molar-refractivity contribution in [1.82, 2.24) is 0 Å². The molecule has 3 rings (SSSR count). The van der Waals surface area contributed by atoms with Crippen molar-refractivity contribution in [3.63, 3.8) is 0 Å². The fourth-order valence-electron chi connectivity index (χ4n) is 4.49. The van der Waals surface area contributed by atoms with Gasteiger partial charge < -0.3 is 0 Å². The van der Waals surface area contributed by atoms with E-state index in [1.165, 1.54) is 32.1 Å². The van der Waals surface area contributed by atoms with Crippen LogP contribution >= 0.6 is 6.83 Å². The van der Waals surface area contributed by atoms with Crippen LogP contribution in [-0.4, -0.2) is 12.6 Å². The first-order chi connectivity index (χ1) is 15.6. The summed E-state index contributed by atoms with van der Waals surface area (Å²) < 4.78 is 6.72. The topological polar surface area (TPSA) is 26.3 Å². The number of hydrogen-bond donors (Lipinski definition) is 0. The van der Waals surface area contributed by atoms with Crippen molar-refractivity contribution in [3.8, 4) is 0 Å². The zero-order valence-electron chi connectivity index (χ0n) is 19.6. The predicted molar refractivity (Wildman–Crippen MR) is 140 cm³/mol. The van der Waals surface area contributed by atoms with Crippen LogP contribution in [0.4, 0.5) is 0 Å². The van der Waals surface area contributed by atoms with Gasteiger partial charge >= 0.3 is 194 Å². The van der Waals surface area contributed by atoms with Gasteiger partial charge in [-0.05, 0) is 0 Å². The second-order valence-electron chi connectivity index (χ2n) is 8.80. The predicted octanol–water partition coefficient (Wildman–Crippen LogP) is 6.74. The Kier molecular flexibility index (Phi) is 8.65. The Hall–Kier alpha value is -2.44. The number of unbranched alkanes of at least 4 members (excludes halogenated alkanes) is 6. The van der Waals surface area contributed by atoms with E-state index in [0.717, 1.165) is 28.8 Å². The van der Waals surface area contributed by atoms with E-state index in [2.05, 4.69) is 50.0 Å². The van der Waals surface area contributed by atoms with Gasteiger partial charge in [0.05, 0.1) is 0 Å². The molecule has 3 aromatic rings. The van der Waals surface area contributed by atoms with Gasteiger partial charge in [0.1, 0.15) is 0 Å². The maximum atomic E-state index is 13.3. The van der Waals surface area contributed by atoms with Gasteiger partial charge in [-0.1, -0.05) is 0 Å². The molecule has 0 aromatic heterocycles. The van der Waals surface area contributed by atoms with Crippen molar-refractivity contribution in [2.45, 2.75) is 58.3 Å². The molecule has 0 heterocycles. The van der Waals surface area contributed by atoms with Gasteiger partial charge in [0, 0.05) is 0 Å². The van der Waals surface area contributed by atoms with E-state index in [4.69, 9.17) is 4.52 Å². The minimum absolute atomic E-state index is 0.102. The fraction of sp³-hybridized carbons (Fsp3) is 0.345. The van der Waals surface area contributed by atoms with E-state index in [-0.39, 0.29) is 5.97 Å². The summed E-state index contributed by atoms with van der Waals surface area (Å²) in [5.74, 6) is -0.102. The molecule has 170 valence electrons. The average Bonchev–Trinajstić information content (AvgIpc) is 2.85. The molecule has 0 N–H and O–H groups in total. The van der Waals surface area contributed by atoms with Crippen molar-refractivity contribution in [3.05, 3.63) is 91.0 Å². The second-order valence-corrected chi connectivity index (χ2v) is 13.5. The van der Waals surface area contributed by atoms with Crippen LogP contribution in [-0.2, 0) is 9.32 Å². The normalized spacial score (nSPS) is 12.6. The van der Waals surface area contributed by atoms with Crippen LogP contribution in [0.25, 0.3) is 0 Å². The van der Waals surface area contributed by atoms with E-state index in [1.807, 2.05) is 54.6 Å². The molecule has 32 heavy (non-hydrogen) atoms. The Morgan fingerprint density at radius 1 is 0.625 bits per heavy atom. The van der Waals surface area contributed by atoms with Crippen molar-refractivity contribution < 1.29 is 9.32 Å². The number of hydrogen-bond acceptors (Lipinski definition) is 2. The summed E-state index contributed by atoms with van der Waals surface area (Å²) >= 11 is 0. The van der Waals surface area contributed by atoms with E-state index in [9.17, 15) is 4.79 Å². The molecule has 0 saturated heterocycles. The van der Waals surface area contributed by atoms with E-state index in [0.29, 0.717) is 6.42 Å². The first-order valence-electron chi connectivity index (χ1n) is 12.0. The van der Waals surface area contributed by atoms with Crippen LogP contribution in [0.5, 0.6) is 0 Å². The van der Waals surface area contributed by atoms with E-state index in [1.54, 1.807) is 0 Å².